The fourth-order valence-corrected chi connectivity index (χ4v) is 2.51. The zero-order valence-corrected chi connectivity index (χ0v) is 15.6. The van der Waals surface area contributed by atoms with Crippen molar-refractivity contribution in [2.45, 2.75) is 13.5 Å². The molecule has 0 aliphatic carbocycles. The number of ether oxygens (including phenoxy) is 3. The van der Waals surface area contributed by atoms with Crippen molar-refractivity contribution in [1.29, 1.82) is 0 Å². The van der Waals surface area contributed by atoms with Crippen molar-refractivity contribution in [3.05, 3.63) is 71.8 Å². The molecule has 8 heteroatoms. The largest absolute Gasteiger partial charge is 0.496 e. The third kappa shape index (κ3) is 4.73. The molecule has 1 heterocycles. The van der Waals surface area contributed by atoms with Gasteiger partial charge in [-0.05, 0) is 42.8 Å². The van der Waals surface area contributed by atoms with Gasteiger partial charge in [0.25, 0.3) is 0 Å². The Morgan fingerprint density at radius 3 is 2.68 bits per heavy atom. The summed E-state index contributed by atoms with van der Waals surface area (Å²) in [4.78, 5) is 12.1. The van der Waals surface area contributed by atoms with Crippen molar-refractivity contribution in [1.82, 2.24) is 14.9 Å². The van der Waals surface area contributed by atoms with E-state index in [0.29, 0.717) is 23.7 Å². The number of aromatic nitrogens is 3. The van der Waals surface area contributed by atoms with Crippen molar-refractivity contribution in [3.8, 4) is 11.5 Å². The lowest BCUT2D eigenvalue weighted by atomic mass is 10.1. The van der Waals surface area contributed by atoms with Gasteiger partial charge in [-0.25, -0.2) is 9.47 Å². The van der Waals surface area contributed by atoms with Gasteiger partial charge in [-0.1, -0.05) is 12.1 Å². The fourth-order valence-electron chi connectivity index (χ4n) is 2.51. The summed E-state index contributed by atoms with van der Waals surface area (Å²) in [5.74, 6) is 0.710. The van der Waals surface area contributed by atoms with Crippen LogP contribution in [0.15, 0.2) is 60.2 Å². The summed E-state index contributed by atoms with van der Waals surface area (Å²) in [7, 11) is 1.59. The average molecular weight is 380 g/mol. The number of esters is 1. The van der Waals surface area contributed by atoms with Crippen LogP contribution >= 0.6 is 0 Å². The SMILES string of the molecule is CCOC(=O)c1ccccc1OCc1cc(C=Nn2cnnc2)ccc1OC. The van der Waals surface area contributed by atoms with Crippen molar-refractivity contribution in [2.24, 2.45) is 5.10 Å². The molecule has 0 amide bonds. The molecule has 2 aromatic carbocycles. The molecule has 0 saturated heterocycles. The summed E-state index contributed by atoms with van der Waals surface area (Å²) in [6.07, 6.45) is 4.67. The number of methoxy groups -OCH3 is 1. The van der Waals surface area contributed by atoms with E-state index in [-0.39, 0.29) is 6.61 Å². The summed E-state index contributed by atoms with van der Waals surface area (Å²) in [6.45, 7) is 2.28. The standard InChI is InChI=1S/C20H20N4O4/c1-3-27-20(25)17-6-4-5-7-19(17)28-12-16-10-15(8-9-18(16)26-2)11-23-24-13-21-22-14-24/h4-11,13-14H,3,12H2,1-2H3. The molecule has 0 bridgehead atoms. The molecule has 8 nitrogen and oxygen atoms in total. The van der Waals surface area contributed by atoms with Crippen molar-refractivity contribution < 1.29 is 19.0 Å². The Balaban J connectivity index is 1.78. The van der Waals surface area contributed by atoms with Crippen LogP contribution in [0.5, 0.6) is 11.5 Å². The zero-order chi connectivity index (χ0) is 19.8. The molecule has 3 aromatic rings. The van der Waals surface area contributed by atoms with Gasteiger partial charge < -0.3 is 14.2 Å². The third-order valence-corrected chi connectivity index (χ3v) is 3.82. The zero-order valence-electron chi connectivity index (χ0n) is 15.6. The minimum absolute atomic E-state index is 0.216. The molecule has 0 saturated carbocycles. The number of carbonyl (C=O) groups is 1. The molecule has 0 aliphatic heterocycles. The first-order valence-electron chi connectivity index (χ1n) is 8.66. The summed E-state index contributed by atoms with van der Waals surface area (Å²) >= 11 is 0. The number of hydrogen-bond donors (Lipinski definition) is 0. The molecule has 0 aliphatic rings. The Labute approximate surface area is 162 Å². The van der Waals surface area contributed by atoms with E-state index >= 15 is 0 Å². The molecule has 144 valence electrons. The summed E-state index contributed by atoms with van der Waals surface area (Å²) in [5.41, 5.74) is 2.05. The first kappa shape index (κ1) is 19.1. The van der Waals surface area contributed by atoms with Gasteiger partial charge in [-0.3, -0.25) is 0 Å². The number of benzene rings is 2. The second-order valence-electron chi connectivity index (χ2n) is 5.66. The molecule has 0 N–H and O–H groups in total. The number of hydrogen-bond acceptors (Lipinski definition) is 7. The lowest BCUT2D eigenvalue weighted by Crippen LogP contribution is -2.08. The number of para-hydroxylation sites is 1. The van der Waals surface area contributed by atoms with Crippen LogP contribution in [0.3, 0.4) is 0 Å². The third-order valence-electron chi connectivity index (χ3n) is 3.82. The fraction of sp³-hybridized carbons (Fsp3) is 0.200. The normalized spacial score (nSPS) is 10.8. The van der Waals surface area contributed by atoms with Gasteiger partial charge in [0.1, 0.15) is 36.3 Å². The van der Waals surface area contributed by atoms with E-state index in [0.717, 1.165) is 11.1 Å². The molecule has 3 rings (SSSR count). The van der Waals surface area contributed by atoms with Gasteiger partial charge in [0.2, 0.25) is 0 Å². The maximum atomic E-state index is 12.1. The van der Waals surface area contributed by atoms with Crippen LogP contribution in [-0.4, -0.2) is 40.8 Å². The van der Waals surface area contributed by atoms with Crippen LogP contribution in [0.4, 0.5) is 0 Å². The summed E-state index contributed by atoms with van der Waals surface area (Å²) in [5, 5.41) is 11.6. The van der Waals surface area contributed by atoms with E-state index in [1.807, 2.05) is 18.2 Å². The van der Waals surface area contributed by atoms with Crippen LogP contribution in [0.25, 0.3) is 0 Å². The molecule has 0 atom stereocenters. The van der Waals surface area contributed by atoms with Gasteiger partial charge in [0, 0.05) is 5.56 Å². The Kier molecular flexibility index (Phi) is 6.35. The number of carbonyl (C=O) groups excluding carboxylic acids is 1. The quantitative estimate of drug-likeness (QED) is 0.441. The van der Waals surface area contributed by atoms with E-state index in [9.17, 15) is 4.79 Å². The minimum atomic E-state index is -0.417. The van der Waals surface area contributed by atoms with Crippen LogP contribution < -0.4 is 9.47 Å². The molecular formula is C20H20N4O4. The van der Waals surface area contributed by atoms with Crippen LogP contribution in [0.2, 0.25) is 0 Å². The highest BCUT2D eigenvalue weighted by Gasteiger charge is 2.14. The van der Waals surface area contributed by atoms with Crippen molar-refractivity contribution in [3.63, 3.8) is 0 Å². The Hall–Kier alpha value is -3.68. The average Bonchev–Trinajstić information content (AvgIpc) is 3.25. The van der Waals surface area contributed by atoms with Gasteiger partial charge in [-0.15, -0.1) is 10.2 Å². The van der Waals surface area contributed by atoms with E-state index < -0.39 is 5.97 Å². The first-order valence-corrected chi connectivity index (χ1v) is 8.66. The minimum Gasteiger partial charge on any atom is -0.496 e. The Morgan fingerprint density at radius 2 is 1.93 bits per heavy atom. The van der Waals surface area contributed by atoms with E-state index in [1.54, 1.807) is 44.5 Å². The summed E-state index contributed by atoms with van der Waals surface area (Å²) in [6, 6.07) is 12.6. The molecule has 0 radical (unpaired) electrons. The van der Waals surface area contributed by atoms with Gasteiger partial charge >= 0.3 is 5.97 Å². The lowest BCUT2D eigenvalue weighted by Gasteiger charge is -2.13. The van der Waals surface area contributed by atoms with E-state index in [1.165, 1.54) is 17.3 Å². The maximum absolute atomic E-state index is 12.1. The second kappa shape index (κ2) is 9.31. The maximum Gasteiger partial charge on any atom is 0.341 e. The molecule has 0 unspecified atom stereocenters. The highest BCUT2D eigenvalue weighted by atomic mass is 16.5. The lowest BCUT2D eigenvalue weighted by molar-refractivity contribution is 0.0521. The van der Waals surface area contributed by atoms with Crippen LogP contribution in [-0.2, 0) is 11.3 Å². The molecular weight excluding hydrogens is 360 g/mol. The van der Waals surface area contributed by atoms with Crippen molar-refractivity contribution >= 4 is 12.2 Å². The number of rotatable bonds is 8. The number of nitrogens with zero attached hydrogens (tertiary/aromatic N) is 4. The predicted octanol–water partition coefficient (Wildman–Crippen LogP) is 2.92. The summed E-state index contributed by atoms with van der Waals surface area (Å²) < 4.78 is 17.9. The van der Waals surface area contributed by atoms with E-state index in [2.05, 4.69) is 15.3 Å². The van der Waals surface area contributed by atoms with Gasteiger partial charge in [-0.2, -0.15) is 5.10 Å². The molecule has 28 heavy (non-hydrogen) atoms. The first-order chi connectivity index (χ1) is 13.7. The Morgan fingerprint density at radius 1 is 1.14 bits per heavy atom. The van der Waals surface area contributed by atoms with Gasteiger partial charge in [0.15, 0.2) is 0 Å². The smallest absolute Gasteiger partial charge is 0.341 e. The van der Waals surface area contributed by atoms with Crippen LogP contribution in [0, 0.1) is 0 Å². The predicted molar refractivity (Wildman–Crippen MR) is 103 cm³/mol. The molecule has 1 aromatic heterocycles. The Bertz CT molecular complexity index is 955. The second-order valence-corrected chi connectivity index (χ2v) is 5.66. The highest BCUT2D eigenvalue weighted by Crippen LogP contribution is 2.24. The monoisotopic (exact) mass is 380 g/mol. The van der Waals surface area contributed by atoms with Crippen molar-refractivity contribution in [2.75, 3.05) is 13.7 Å². The van der Waals surface area contributed by atoms with Gasteiger partial charge in [0.05, 0.1) is 19.9 Å². The highest BCUT2D eigenvalue weighted by molar-refractivity contribution is 5.92. The topological polar surface area (TPSA) is 87.8 Å². The molecule has 0 spiro atoms. The van der Waals surface area contributed by atoms with E-state index in [4.69, 9.17) is 14.2 Å². The van der Waals surface area contributed by atoms with Crippen LogP contribution in [0.1, 0.15) is 28.4 Å². The molecule has 0 fully saturated rings.